The molecule has 4 rings (SSSR count). The van der Waals surface area contributed by atoms with Gasteiger partial charge in [-0.1, -0.05) is 42.6 Å². The molecule has 0 radical (unpaired) electrons. The zero-order valence-electron chi connectivity index (χ0n) is 14.8. The van der Waals surface area contributed by atoms with Gasteiger partial charge in [-0.25, -0.2) is 4.79 Å². The van der Waals surface area contributed by atoms with Crippen molar-refractivity contribution in [3.8, 4) is 0 Å². The summed E-state index contributed by atoms with van der Waals surface area (Å²) in [7, 11) is 1.45. The minimum absolute atomic E-state index is 0.0997. The maximum atomic E-state index is 12.4. The third-order valence-corrected chi connectivity index (χ3v) is 7.25. The van der Waals surface area contributed by atoms with E-state index in [4.69, 9.17) is 17.0 Å². The molecule has 1 N–H and O–H groups in total. The Balaban J connectivity index is 1.85. The van der Waals surface area contributed by atoms with E-state index >= 15 is 0 Å². The zero-order valence-corrected chi connectivity index (χ0v) is 17.8. The van der Waals surface area contributed by atoms with Crippen LogP contribution in [-0.4, -0.2) is 41.6 Å². The van der Waals surface area contributed by atoms with E-state index in [0.717, 1.165) is 35.6 Å². The number of halogens is 1. The summed E-state index contributed by atoms with van der Waals surface area (Å²) in [4.78, 5) is 15.8. The Hall–Kier alpha value is -1.41. The quantitative estimate of drug-likeness (QED) is 0.403. The number of anilines is 1. The lowest BCUT2D eigenvalue weighted by molar-refractivity contribution is -0.136. The molecule has 0 bridgehead atoms. The molecule has 1 saturated heterocycles. The van der Waals surface area contributed by atoms with Gasteiger partial charge in [0.05, 0.1) is 23.7 Å². The van der Waals surface area contributed by atoms with Gasteiger partial charge in [-0.15, -0.1) is 0 Å². The molecular formula is C20H21IN2O2S. The first-order chi connectivity index (χ1) is 12.5. The molecule has 3 atom stereocenters. The van der Waals surface area contributed by atoms with Crippen LogP contribution in [-0.2, 0) is 14.9 Å². The van der Waals surface area contributed by atoms with E-state index in [2.05, 4.69) is 64.0 Å². The molecular weight excluding hydrogens is 459 g/mol. The molecule has 1 aromatic carbocycles. The number of para-hydroxylation sites is 1. The third kappa shape index (κ3) is 2.45. The number of ether oxygens (including phenoxy) is 1. The fourth-order valence-corrected chi connectivity index (χ4v) is 5.56. The Kier molecular flexibility index (Phi) is 4.59. The Morgan fingerprint density at radius 3 is 3.00 bits per heavy atom. The van der Waals surface area contributed by atoms with E-state index in [0.29, 0.717) is 0 Å². The SMILES string of the molecule is C/C=C(\I)CN1C(=S)C[C@]23c4ccccc4N[C@H]2C(C(=O)OC)=CC[C@H]13. The van der Waals surface area contributed by atoms with Crippen LogP contribution in [0.3, 0.4) is 0 Å². The van der Waals surface area contributed by atoms with Crippen LogP contribution >= 0.6 is 34.8 Å². The number of fused-ring (bicyclic) bond motifs is 1. The predicted octanol–water partition coefficient (Wildman–Crippen LogP) is 3.96. The summed E-state index contributed by atoms with van der Waals surface area (Å²) >= 11 is 8.21. The van der Waals surface area contributed by atoms with E-state index in [1.165, 1.54) is 16.3 Å². The monoisotopic (exact) mass is 480 g/mol. The van der Waals surface area contributed by atoms with Crippen molar-refractivity contribution < 1.29 is 9.53 Å². The topological polar surface area (TPSA) is 41.6 Å². The summed E-state index contributed by atoms with van der Waals surface area (Å²) in [5.41, 5.74) is 2.89. The smallest absolute Gasteiger partial charge is 0.335 e. The van der Waals surface area contributed by atoms with Gasteiger partial charge in [0.1, 0.15) is 0 Å². The van der Waals surface area contributed by atoms with E-state index in [1.807, 2.05) is 12.1 Å². The highest BCUT2D eigenvalue weighted by molar-refractivity contribution is 14.1. The largest absolute Gasteiger partial charge is 0.466 e. The summed E-state index contributed by atoms with van der Waals surface area (Å²) in [6.07, 6.45) is 5.75. The number of nitrogens with zero attached hydrogens (tertiary/aromatic N) is 1. The van der Waals surface area contributed by atoms with Crippen LogP contribution in [0.15, 0.2) is 45.6 Å². The van der Waals surface area contributed by atoms with Gasteiger partial charge in [-0.2, -0.15) is 0 Å². The summed E-state index contributed by atoms with van der Waals surface area (Å²) in [6.45, 7) is 2.89. The average Bonchev–Trinajstić information content (AvgIpc) is 3.13. The Morgan fingerprint density at radius 2 is 2.27 bits per heavy atom. The van der Waals surface area contributed by atoms with Crippen molar-refractivity contribution in [1.82, 2.24) is 4.90 Å². The Morgan fingerprint density at radius 1 is 1.50 bits per heavy atom. The lowest BCUT2D eigenvalue weighted by atomic mass is 9.65. The van der Waals surface area contributed by atoms with Gasteiger partial charge in [-0.05, 0) is 47.6 Å². The minimum Gasteiger partial charge on any atom is -0.466 e. The second-order valence-electron chi connectivity index (χ2n) is 7.00. The first-order valence-corrected chi connectivity index (χ1v) is 10.3. The van der Waals surface area contributed by atoms with E-state index in [-0.39, 0.29) is 23.5 Å². The molecule has 0 amide bonds. The zero-order chi connectivity index (χ0) is 18.5. The maximum Gasteiger partial charge on any atom is 0.335 e. The highest BCUT2D eigenvalue weighted by Gasteiger charge is 2.61. The normalized spacial score (nSPS) is 29.5. The highest BCUT2D eigenvalue weighted by Crippen LogP contribution is 2.56. The van der Waals surface area contributed by atoms with Crippen LogP contribution in [0, 0.1) is 0 Å². The van der Waals surface area contributed by atoms with Gasteiger partial charge in [0.2, 0.25) is 0 Å². The van der Waals surface area contributed by atoms with Crippen molar-refractivity contribution in [1.29, 1.82) is 0 Å². The number of methoxy groups -OCH3 is 1. The van der Waals surface area contributed by atoms with Gasteiger partial charge in [0.15, 0.2) is 0 Å². The minimum atomic E-state index is -0.250. The predicted molar refractivity (Wildman–Crippen MR) is 116 cm³/mol. The third-order valence-electron chi connectivity index (χ3n) is 5.91. The van der Waals surface area contributed by atoms with E-state index < -0.39 is 0 Å². The number of rotatable bonds is 3. The Bertz CT molecular complexity index is 850. The molecule has 1 fully saturated rings. The summed E-state index contributed by atoms with van der Waals surface area (Å²) < 4.78 is 6.35. The van der Waals surface area contributed by atoms with Gasteiger partial charge < -0.3 is 15.0 Å². The van der Waals surface area contributed by atoms with Crippen LogP contribution in [0.25, 0.3) is 0 Å². The number of likely N-dealkylation sites (tertiary alicyclic amines) is 1. The standard InChI is InChI=1S/C20H21IN2O2S/c1-3-12(21)11-23-16-9-8-13(19(24)25-2)18-20(16,10-17(23)26)14-6-4-5-7-15(14)22-18/h3-8,16,18,22H,9-11H2,1-2H3/b12-3-/t16-,18-,20+/m0/s1. The van der Waals surface area contributed by atoms with Gasteiger partial charge >= 0.3 is 5.97 Å². The summed E-state index contributed by atoms with van der Waals surface area (Å²) in [6, 6.07) is 8.53. The van der Waals surface area contributed by atoms with E-state index in [1.54, 1.807) is 0 Å². The molecule has 2 heterocycles. The molecule has 6 heteroatoms. The second kappa shape index (κ2) is 6.64. The van der Waals surface area contributed by atoms with Crippen molar-refractivity contribution in [2.24, 2.45) is 0 Å². The fraction of sp³-hybridized carbons (Fsp3) is 0.400. The molecule has 26 heavy (non-hydrogen) atoms. The first-order valence-electron chi connectivity index (χ1n) is 8.77. The average molecular weight is 480 g/mol. The number of carbonyl (C=O) groups excluding carboxylic acids is 1. The molecule has 0 aromatic heterocycles. The number of esters is 1. The fourth-order valence-electron chi connectivity index (χ4n) is 4.77. The van der Waals surface area contributed by atoms with Crippen LogP contribution < -0.4 is 5.32 Å². The Labute approximate surface area is 172 Å². The molecule has 3 aliphatic rings. The van der Waals surface area contributed by atoms with Crippen molar-refractivity contribution in [2.45, 2.75) is 37.3 Å². The number of allylic oxidation sites excluding steroid dienone is 1. The van der Waals surface area contributed by atoms with Crippen LogP contribution in [0.1, 0.15) is 25.3 Å². The summed E-state index contributed by atoms with van der Waals surface area (Å²) in [5.74, 6) is -0.250. The van der Waals surface area contributed by atoms with Crippen LogP contribution in [0.5, 0.6) is 0 Å². The number of benzene rings is 1. The van der Waals surface area contributed by atoms with Crippen molar-refractivity contribution in [3.63, 3.8) is 0 Å². The number of carbonyl (C=O) groups is 1. The molecule has 0 unspecified atom stereocenters. The van der Waals surface area contributed by atoms with E-state index in [9.17, 15) is 4.79 Å². The number of nitrogens with one attached hydrogen (secondary N) is 1. The molecule has 1 aliphatic carbocycles. The highest BCUT2D eigenvalue weighted by atomic mass is 127. The van der Waals surface area contributed by atoms with Crippen molar-refractivity contribution in [2.75, 3.05) is 19.0 Å². The van der Waals surface area contributed by atoms with Crippen molar-refractivity contribution in [3.05, 3.63) is 51.1 Å². The van der Waals surface area contributed by atoms with Gasteiger partial charge in [0.25, 0.3) is 0 Å². The van der Waals surface area contributed by atoms with Crippen LogP contribution in [0.4, 0.5) is 5.69 Å². The number of hydrogen-bond donors (Lipinski definition) is 1. The molecule has 136 valence electrons. The van der Waals surface area contributed by atoms with Crippen molar-refractivity contribution >= 4 is 51.5 Å². The molecule has 1 spiro atoms. The number of thiocarbonyl (C=S) groups is 1. The molecule has 4 nitrogen and oxygen atoms in total. The molecule has 2 aliphatic heterocycles. The lowest BCUT2D eigenvalue weighted by Gasteiger charge is -2.43. The number of hydrogen-bond acceptors (Lipinski definition) is 4. The van der Waals surface area contributed by atoms with Crippen LogP contribution in [0.2, 0.25) is 0 Å². The molecule has 0 saturated carbocycles. The van der Waals surface area contributed by atoms with Gasteiger partial charge in [0, 0.05) is 33.7 Å². The second-order valence-corrected chi connectivity index (χ2v) is 8.86. The molecule has 1 aromatic rings. The van der Waals surface area contributed by atoms with Gasteiger partial charge in [-0.3, -0.25) is 0 Å². The lowest BCUT2D eigenvalue weighted by Crippen LogP contribution is -2.53. The summed E-state index contributed by atoms with van der Waals surface area (Å²) in [5, 5.41) is 3.60. The first kappa shape index (κ1) is 18.0. The maximum absolute atomic E-state index is 12.4.